The van der Waals surface area contributed by atoms with Gasteiger partial charge in [0.2, 0.25) is 0 Å². The third-order valence-corrected chi connectivity index (χ3v) is 4.24. The van der Waals surface area contributed by atoms with Gasteiger partial charge in [-0.15, -0.1) is 0 Å². The van der Waals surface area contributed by atoms with Crippen LogP contribution in [0.25, 0.3) is 0 Å². The molecule has 0 spiro atoms. The largest absolute Gasteiger partial charge is 0.0622 e. The van der Waals surface area contributed by atoms with E-state index >= 15 is 0 Å². The minimum absolute atomic E-state index is 1.09. The second-order valence-electron chi connectivity index (χ2n) is 5.22. The molecule has 3 aliphatic carbocycles. The smallest absolute Gasteiger partial charge is 0.0352 e. The molecule has 0 aromatic rings. The minimum atomic E-state index is 1.09. The summed E-state index contributed by atoms with van der Waals surface area (Å²) in [7, 11) is 0. The predicted molar refractivity (Wildman–Crippen MR) is 46.2 cm³/mol. The summed E-state index contributed by atoms with van der Waals surface area (Å²) in [6.07, 6.45) is 7.89. The molecule has 0 aromatic heterocycles. The summed E-state index contributed by atoms with van der Waals surface area (Å²) in [5, 5.41) is 0. The lowest BCUT2D eigenvalue weighted by Gasteiger charge is -2.11. The Hall–Kier alpha value is 0. The quantitative estimate of drug-likeness (QED) is 0.567. The molecule has 62 valence electrons. The van der Waals surface area contributed by atoms with Gasteiger partial charge in [-0.2, -0.15) is 0 Å². The first-order valence-electron chi connectivity index (χ1n) is 5.34. The summed E-state index contributed by atoms with van der Waals surface area (Å²) in [4.78, 5) is 0. The van der Waals surface area contributed by atoms with Crippen LogP contribution in [0.15, 0.2) is 0 Å². The molecule has 0 saturated heterocycles. The van der Waals surface area contributed by atoms with Crippen molar-refractivity contribution >= 4 is 0 Å². The summed E-state index contributed by atoms with van der Waals surface area (Å²) in [6, 6.07) is 0. The highest BCUT2D eigenvalue weighted by Gasteiger charge is 2.52. The summed E-state index contributed by atoms with van der Waals surface area (Å²) in [5.74, 6) is 5.81. The van der Waals surface area contributed by atoms with Crippen LogP contribution in [0.4, 0.5) is 0 Å². The lowest BCUT2D eigenvalue weighted by Crippen LogP contribution is -2.01. The Bertz CT molecular complexity index is 169. The molecule has 0 heteroatoms. The Balaban J connectivity index is 1.61. The third-order valence-electron chi connectivity index (χ3n) is 4.24. The summed E-state index contributed by atoms with van der Waals surface area (Å²) in [5.41, 5.74) is 0. The van der Waals surface area contributed by atoms with Gasteiger partial charge in [0.05, 0.1) is 0 Å². The van der Waals surface area contributed by atoms with Crippen LogP contribution in [-0.2, 0) is 0 Å². The highest BCUT2D eigenvalue weighted by atomic mass is 14.6. The van der Waals surface area contributed by atoms with E-state index in [0.717, 1.165) is 5.92 Å². The van der Waals surface area contributed by atoms with Gasteiger partial charge < -0.3 is 0 Å². The topological polar surface area (TPSA) is 0 Å². The van der Waals surface area contributed by atoms with Gasteiger partial charge in [-0.25, -0.2) is 0 Å². The molecule has 0 heterocycles. The molecule has 11 heavy (non-hydrogen) atoms. The van der Waals surface area contributed by atoms with Crippen LogP contribution < -0.4 is 0 Å². The maximum atomic E-state index is 2.47. The second kappa shape index (κ2) is 2.02. The van der Waals surface area contributed by atoms with Gasteiger partial charge in [-0.3, -0.25) is 0 Å². The fraction of sp³-hybridized carbons (Fsp3) is 1.00. The van der Waals surface area contributed by atoms with Crippen LogP contribution in [0.1, 0.15) is 39.0 Å². The van der Waals surface area contributed by atoms with Crippen LogP contribution in [0.2, 0.25) is 0 Å². The second-order valence-corrected chi connectivity index (χ2v) is 5.22. The van der Waals surface area contributed by atoms with E-state index in [1.165, 1.54) is 23.7 Å². The Kier molecular flexibility index (Phi) is 1.20. The molecule has 3 rings (SSSR count). The first-order valence-corrected chi connectivity index (χ1v) is 5.34. The van der Waals surface area contributed by atoms with Gasteiger partial charge in [0.1, 0.15) is 0 Å². The SMILES string of the molecule is CC1CC(CC2CC2)C2CC12. The number of hydrogen-bond donors (Lipinski definition) is 0. The fourth-order valence-corrected chi connectivity index (χ4v) is 3.31. The lowest BCUT2D eigenvalue weighted by molar-refractivity contribution is 0.389. The van der Waals surface area contributed by atoms with E-state index in [-0.39, 0.29) is 0 Å². The van der Waals surface area contributed by atoms with Crippen LogP contribution in [0.3, 0.4) is 0 Å². The van der Waals surface area contributed by atoms with Crippen molar-refractivity contribution in [2.45, 2.75) is 39.0 Å². The molecule has 3 saturated carbocycles. The third kappa shape index (κ3) is 1.02. The average molecular weight is 150 g/mol. The van der Waals surface area contributed by atoms with Crippen molar-refractivity contribution in [3.8, 4) is 0 Å². The van der Waals surface area contributed by atoms with E-state index < -0.39 is 0 Å². The normalized spacial score (nSPS) is 54.3. The zero-order valence-electron chi connectivity index (χ0n) is 7.42. The van der Waals surface area contributed by atoms with Crippen LogP contribution >= 0.6 is 0 Å². The van der Waals surface area contributed by atoms with E-state index in [9.17, 15) is 0 Å². The van der Waals surface area contributed by atoms with E-state index in [1.54, 1.807) is 32.1 Å². The molecule has 4 unspecified atom stereocenters. The van der Waals surface area contributed by atoms with Crippen molar-refractivity contribution < 1.29 is 0 Å². The predicted octanol–water partition coefficient (Wildman–Crippen LogP) is 3.08. The van der Waals surface area contributed by atoms with E-state index in [0.29, 0.717) is 0 Å². The Morgan fingerprint density at radius 3 is 2.36 bits per heavy atom. The molecule has 0 radical (unpaired) electrons. The number of rotatable bonds is 2. The van der Waals surface area contributed by atoms with Gasteiger partial charge in [-0.1, -0.05) is 19.8 Å². The van der Waals surface area contributed by atoms with Crippen molar-refractivity contribution in [1.29, 1.82) is 0 Å². The monoisotopic (exact) mass is 150 g/mol. The summed E-state index contributed by atoms with van der Waals surface area (Å²) >= 11 is 0. The molecular weight excluding hydrogens is 132 g/mol. The molecule has 3 fully saturated rings. The molecular formula is C11H18. The minimum Gasteiger partial charge on any atom is -0.0622 e. The van der Waals surface area contributed by atoms with Crippen molar-refractivity contribution in [2.75, 3.05) is 0 Å². The fourth-order valence-electron chi connectivity index (χ4n) is 3.31. The Morgan fingerprint density at radius 2 is 1.91 bits per heavy atom. The van der Waals surface area contributed by atoms with Crippen molar-refractivity contribution in [1.82, 2.24) is 0 Å². The molecule has 0 nitrogen and oxygen atoms in total. The molecule has 0 amide bonds. The van der Waals surface area contributed by atoms with E-state index in [4.69, 9.17) is 0 Å². The van der Waals surface area contributed by atoms with E-state index in [2.05, 4.69) is 6.92 Å². The summed E-state index contributed by atoms with van der Waals surface area (Å²) in [6.45, 7) is 2.47. The molecule has 0 aromatic carbocycles. The van der Waals surface area contributed by atoms with Gasteiger partial charge in [0.25, 0.3) is 0 Å². The molecule has 4 atom stereocenters. The maximum absolute atomic E-state index is 2.47. The number of hydrogen-bond acceptors (Lipinski definition) is 0. The van der Waals surface area contributed by atoms with Gasteiger partial charge in [0, 0.05) is 0 Å². The molecule has 3 aliphatic rings. The van der Waals surface area contributed by atoms with E-state index in [1.807, 2.05) is 0 Å². The Morgan fingerprint density at radius 1 is 1.09 bits per heavy atom. The first kappa shape index (κ1) is 6.51. The van der Waals surface area contributed by atoms with Crippen LogP contribution in [-0.4, -0.2) is 0 Å². The maximum Gasteiger partial charge on any atom is -0.0352 e. The summed E-state index contributed by atoms with van der Waals surface area (Å²) < 4.78 is 0. The van der Waals surface area contributed by atoms with Gasteiger partial charge in [0.15, 0.2) is 0 Å². The first-order chi connectivity index (χ1) is 5.34. The zero-order valence-corrected chi connectivity index (χ0v) is 7.42. The standard InChI is InChI=1S/C11H18/c1-7-4-9(5-8-2-3-8)11-6-10(7)11/h7-11H,2-6H2,1H3. The molecule has 0 bridgehead atoms. The van der Waals surface area contributed by atoms with Gasteiger partial charge >= 0.3 is 0 Å². The van der Waals surface area contributed by atoms with Crippen molar-refractivity contribution in [3.05, 3.63) is 0 Å². The molecule has 0 N–H and O–H groups in total. The average Bonchev–Trinajstić information content (AvgIpc) is 2.79. The van der Waals surface area contributed by atoms with Crippen molar-refractivity contribution in [2.24, 2.45) is 29.6 Å². The van der Waals surface area contributed by atoms with Crippen LogP contribution in [0.5, 0.6) is 0 Å². The Labute approximate surface area is 69.4 Å². The van der Waals surface area contributed by atoms with Crippen molar-refractivity contribution in [3.63, 3.8) is 0 Å². The van der Waals surface area contributed by atoms with Gasteiger partial charge in [-0.05, 0) is 48.9 Å². The molecule has 0 aliphatic heterocycles. The highest BCUT2D eigenvalue weighted by molar-refractivity contribution is 5.02. The highest BCUT2D eigenvalue weighted by Crippen LogP contribution is 2.61. The number of fused-ring (bicyclic) bond motifs is 1. The lowest BCUT2D eigenvalue weighted by atomic mass is 9.94. The van der Waals surface area contributed by atoms with Crippen LogP contribution in [0, 0.1) is 29.6 Å². The zero-order chi connectivity index (χ0) is 7.42.